The summed E-state index contributed by atoms with van der Waals surface area (Å²) in [5, 5.41) is 0. The molecule has 2 heterocycles. The van der Waals surface area contributed by atoms with Gasteiger partial charge in [-0.2, -0.15) is 0 Å². The fourth-order valence-corrected chi connectivity index (χ4v) is 3.94. The van der Waals surface area contributed by atoms with E-state index in [2.05, 4.69) is 4.90 Å². The van der Waals surface area contributed by atoms with E-state index in [-0.39, 0.29) is 18.6 Å². The number of Topliss-reactive ketones (excluding diaryl/α,β-unsaturated/α-hetero) is 1. The number of rotatable bonds is 5. The van der Waals surface area contributed by atoms with Crippen molar-refractivity contribution < 1.29 is 23.7 Å². The molecule has 0 aromatic heterocycles. The van der Waals surface area contributed by atoms with Crippen LogP contribution in [0.25, 0.3) is 0 Å². The van der Waals surface area contributed by atoms with Crippen LogP contribution in [0.4, 0.5) is 0 Å². The van der Waals surface area contributed by atoms with Gasteiger partial charge in [0, 0.05) is 24.6 Å². The summed E-state index contributed by atoms with van der Waals surface area (Å²) >= 11 is 0. The highest BCUT2D eigenvalue weighted by molar-refractivity contribution is 5.99. The van der Waals surface area contributed by atoms with Gasteiger partial charge in [0.2, 0.25) is 12.5 Å². The van der Waals surface area contributed by atoms with Crippen molar-refractivity contribution >= 4 is 5.78 Å². The van der Waals surface area contributed by atoms with Crippen molar-refractivity contribution in [3.05, 3.63) is 47.0 Å². The van der Waals surface area contributed by atoms with Crippen molar-refractivity contribution in [1.82, 2.24) is 4.90 Å². The first kappa shape index (κ1) is 17.7. The average Bonchev–Trinajstić information content (AvgIpc) is 3.16. The topological polar surface area (TPSA) is 57.2 Å². The van der Waals surface area contributed by atoms with E-state index in [4.69, 9.17) is 18.9 Å². The summed E-state index contributed by atoms with van der Waals surface area (Å²) in [4.78, 5) is 15.3. The Hall–Kier alpha value is -2.73. The molecular formula is C21H23NO5. The second kappa shape index (κ2) is 7.12. The van der Waals surface area contributed by atoms with Crippen molar-refractivity contribution in [1.29, 1.82) is 0 Å². The van der Waals surface area contributed by atoms with Crippen LogP contribution in [-0.4, -0.2) is 45.3 Å². The molecule has 1 atom stereocenters. The van der Waals surface area contributed by atoms with Gasteiger partial charge in [0.05, 0.1) is 19.8 Å². The Labute approximate surface area is 158 Å². The van der Waals surface area contributed by atoms with Crippen LogP contribution in [0.2, 0.25) is 0 Å². The van der Waals surface area contributed by atoms with E-state index in [1.807, 2.05) is 37.4 Å². The highest BCUT2D eigenvalue weighted by Gasteiger charge is 2.35. The molecule has 0 radical (unpaired) electrons. The monoisotopic (exact) mass is 369 g/mol. The van der Waals surface area contributed by atoms with Gasteiger partial charge in [0.1, 0.15) is 5.75 Å². The lowest BCUT2D eigenvalue weighted by atomic mass is 9.87. The normalized spacial score (nSPS) is 18.1. The first-order valence-electron chi connectivity index (χ1n) is 8.99. The zero-order chi connectivity index (χ0) is 19.0. The van der Waals surface area contributed by atoms with Gasteiger partial charge in [0.15, 0.2) is 17.3 Å². The highest BCUT2D eigenvalue weighted by atomic mass is 16.7. The van der Waals surface area contributed by atoms with Crippen molar-refractivity contribution in [2.24, 2.45) is 0 Å². The number of ketones is 1. The molecule has 4 rings (SSSR count). The SMILES string of the molecule is COc1ccccc1C(=O)C[C@@H]1c2c(cc3c(c2OC)OCO3)CCN1C. The Kier molecular flexibility index (Phi) is 4.66. The molecule has 0 N–H and O–H groups in total. The van der Waals surface area contributed by atoms with Crippen LogP contribution in [0.5, 0.6) is 23.0 Å². The van der Waals surface area contributed by atoms with E-state index < -0.39 is 0 Å². The Morgan fingerprint density at radius 2 is 2.04 bits per heavy atom. The second-order valence-electron chi connectivity index (χ2n) is 6.79. The maximum Gasteiger partial charge on any atom is 0.231 e. The molecule has 2 aliphatic heterocycles. The lowest BCUT2D eigenvalue weighted by Crippen LogP contribution is -2.34. The number of hydrogen-bond donors (Lipinski definition) is 0. The number of carbonyl (C=O) groups is 1. The maximum atomic E-state index is 13.1. The zero-order valence-corrected chi connectivity index (χ0v) is 15.8. The fourth-order valence-electron chi connectivity index (χ4n) is 3.94. The Balaban J connectivity index is 1.73. The van der Waals surface area contributed by atoms with Gasteiger partial charge in [0.25, 0.3) is 0 Å². The molecule has 142 valence electrons. The summed E-state index contributed by atoms with van der Waals surface area (Å²) in [5.41, 5.74) is 2.76. The smallest absolute Gasteiger partial charge is 0.231 e. The van der Waals surface area contributed by atoms with Gasteiger partial charge >= 0.3 is 0 Å². The summed E-state index contributed by atoms with van der Waals surface area (Å²) in [7, 11) is 5.25. The summed E-state index contributed by atoms with van der Waals surface area (Å²) in [6, 6.07) is 9.25. The molecule has 6 heteroatoms. The molecule has 2 aromatic carbocycles. The zero-order valence-electron chi connectivity index (χ0n) is 15.8. The molecule has 0 amide bonds. The van der Waals surface area contributed by atoms with Crippen LogP contribution in [-0.2, 0) is 6.42 Å². The van der Waals surface area contributed by atoms with Gasteiger partial charge in [-0.25, -0.2) is 0 Å². The Bertz CT molecular complexity index is 879. The number of para-hydroxylation sites is 1. The molecule has 0 unspecified atom stereocenters. The van der Waals surface area contributed by atoms with Crippen LogP contribution >= 0.6 is 0 Å². The predicted molar refractivity (Wildman–Crippen MR) is 100 cm³/mol. The standard InChI is InChI=1S/C21H23NO5/c1-22-9-8-13-10-18-20(27-12-26-18)21(25-3)19(13)15(22)11-16(23)14-6-4-5-7-17(14)24-2/h4-7,10,15H,8-9,11-12H2,1-3H3/t15-/m1/s1. The summed E-state index contributed by atoms with van der Waals surface area (Å²) in [6.07, 6.45) is 1.21. The lowest BCUT2D eigenvalue weighted by Gasteiger charge is -2.35. The number of carbonyl (C=O) groups excluding carboxylic acids is 1. The molecule has 2 aliphatic rings. The van der Waals surface area contributed by atoms with E-state index in [1.165, 1.54) is 0 Å². The number of nitrogens with zero attached hydrogens (tertiary/aromatic N) is 1. The van der Waals surface area contributed by atoms with Gasteiger partial charge < -0.3 is 18.9 Å². The number of ether oxygens (including phenoxy) is 4. The Morgan fingerprint density at radius 3 is 2.81 bits per heavy atom. The van der Waals surface area contributed by atoms with Crippen LogP contribution in [0.15, 0.2) is 30.3 Å². The van der Waals surface area contributed by atoms with Crippen molar-refractivity contribution in [2.75, 3.05) is 34.6 Å². The predicted octanol–water partition coefficient (Wildman–Crippen LogP) is 3.23. The number of hydrogen-bond acceptors (Lipinski definition) is 6. The van der Waals surface area contributed by atoms with E-state index in [1.54, 1.807) is 14.2 Å². The second-order valence-corrected chi connectivity index (χ2v) is 6.79. The molecule has 0 aliphatic carbocycles. The molecule has 0 saturated heterocycles. The minimum absolute atomic E-state index is 0.0388. The first-order valence-corrected chi connectivity index (χ1v) is 8.99. The third-order valence-corrected chi connectivity index (χ3v) is 5.33. The van der Waals surface area contributed by atoms with Crippen LogP contribution in [0.3, 0.4) is 0 Å². The third-order valence-electron chi connectivity index (χ3n) is 5.33. The molecule has 0 saturated carbocycles. The largest absolute Gasteiger partial charge is 0.496 e. The van der Waals surface area contributed by atoms with Crippen molar-refractivity contribution in [2.45, 2.75) is 18.9 Å². The van der Waals surface area contributed by atoms with Gasteiger partial charge in [-0.15, -0.1) is 0 Å². The number of benzene rings is 2. The number of likely N-dealkylation sites (N-methyl/N-ethyl adjacent to an activating group) is 1. The van der Waals surface area contributed by atoms with E-state index >= 15 is 0 Å². The van der Waals surface area contributed by atoms with E-state index in [0.717, 1.165) is 24.1 Å². The average molecular weight is 369 g/mol. The number of methoxy groups -OCH3 is 2. The van der Waals surface area contributed by atoms with Crippen LogP contribution < -0.4 is 18.9 Å². The maximum absolute atomic E-state index is 13.1. The van der Waals surface area contributed by atoms with Gasteiger partial charge in [-0.05, 0) is 37.2 Å². The van der Waals surface area contributed by atoms with Gasteiger partial charge in [-0.1, -0.05) is 12.1 Å². The Morgan fingerprint density at radius 1 is 1.22 bits per heavy atom. The summed E-state index contributed by atoms with van der Waals surface area (Å²) in [6.45, 7) is 1.05. The molecule has 0 spiro atoms. The van der Waals surface area contributed by atoms with Gasteiger partial charge in [-0.3, -0.25) is 9.69 Å². The third kappa shape index (κ3) is 3.00. The van der Waals surface area contributed by atoms with Crippen molar-refractivity contribution in [3.8, 4) is 23.0 Å². The summed E-state index contributed by atoms with van der Waals surface area (Å²) < 4.78 is 22.2. The number of fused-ring (bicyclic) bond motifs is 2. The fraction of sp³-hybridized carbons (Fsp3) is 0.381. The molecule has 2 aromatic rings. The minimum Gasteiger partial charge on any atom is -0.496 e. The molecule has 0 fully saturated rings. The lowest BCUT2D eigenvalue weighted by molar-refractivity contribution is 0.0922. The quantitative estimate of drug-likeness (QED) is 0.754. The van der Waals surface area contributed by atoms with Crippen LogP contribution in [0, 0.1) is 0 Å². The molecular weight excluding hydrogens is 346 g/mol. The molecule has 0 bridgehead atoms. The van der Waals surface area contributed by atoms with E-state index in [9.17, 15) is 4.79 Å². The summed E-state index contributed by atoms with van der Waals surface area (Å²) in [5.74, 6) is 2.64. The molecule has 27 heavy (non-hydrogen) atoms. The molecule has 6 nitrogen and oxygen atoms in total. The van der Waals surface area contributed by atoms with Crippen LogP contribution in [0.1, 0.15) is 33.9 Å². The van der Waals surface area contributed by atoms with Crippen molar-refractivity contribution in [3.63, 3.8) is 0 Å². The van der Waals surface area contributed by atoms with E-state index in [0.29, 0.717) is 35.0 Å². The minimum atomic E-state index is -0.101. The first-order chi connectivity index (χ1) is 13.1. The highest BCUT2D eigenvalue weighted by Crippen LogP contribution is 2.50.